The summed E-state index contributed by atoms with van der Waals surface area (Å²) < 4.78 is 0. The number of hydrogen-bond acceptors (Lipinski definition) is 0. The van der Waals surface area contributed by atoms with Crippen LogP contribution >= 0.6 is 11.6 Å². The minimum absolute atomic E-state index is 0.235. The fraction of sp³-hybridized carbons (Fsp3) is 0.625. The minimum Gasteiger partial charge on any atom is -0.118 e. The molecule has 3 unspecified atom stereocenters. The van der Waals surface area contributed by atoms with Crippen LogP contribution in [-0.2, 0) is 12.8 Å². The number of hydrogen-bond donors (Lipinski definition) is 0. The molecule has 0 N–H and O–H groups in total. The maximum absolute atomic E-state index is 6.71. The largest absolute Gasteiger partial charge is 0.118 e. The lowest BCUT2D eigenvalue weighted by Crippen LogP contribution is -2.11. The fourth-order valence-corrected chi connectivity index (χ4v) is 4.13. The molecule has 0 radical (unpaired) electrons. The maximum atomic E-state index is 6.71. The standard InChI is InChI=1S/C16H21Cl/c1-11-4-2-7-15(11)16(17)14-9-8-12-5-3-6-13(12)10-14/h8-11,15-16H,2-7H2,1H3. The first-order valence-corrected chi connectivity index (χ1v) is 7.45. The third-order valence-corrected chi connectivity index (χ3v) is 5.32. The van der Waals surface area contributed by atoms with Crippen molar-refractivity contribution >= 4 is 11.6 Å². The number of benzene rings is 1. The van der Waals surface area contributed by atoms with Crippen LogP contribution in [0.5, 0.6) is 0 Å². The molecule has 0 amide bonds. The number of rotatable bonds is 2. The summed E-state index contributed by atoms with van der Waals surface area (Å²) in [6.45, 7) is 2.36. The Hall–Kier alpha value is -0.490. The van der Waals surface area contributed by atoms with Crippen molar-refractivity contribution < 1.29 is 0 Å². The number of aryl methyl sites for hydroxylation is 2. The maximum Gasteiger partial charge on any atom is 0.0616 e. The molecule has 0 spiro atoms. The molecule has 0 aliphatic heterocycles. The lowest BCUT2D eigenvalue weighted by Gasteiger charge is -2.22. The van der Waals surface area contributed by atoms with E-state index in [0.717, 1.165) is 5.92 Å². The van der Waals surface area contributed by atoms with E-state index in [9.17, 15) is 0 Å². The van der Waals surface area contributed by atoms with Crippen LogP contribution in [0.2, 0.25) is 0 Å². The number of fused-ring (bicyclic) bond motifs is 1. The molecule has 0 heterocycles. The topological polar surface area (TPSA) is 0 Å². The second kappa shape index (κ2) is 4.65. The number of halogens is 1. The van der Waals surface area contributed by atoms with Gasteiger partial charge in [-0.1, -0.05) is 38.0 Å². The van der Waals surface area contributed by atoms with Crippen molar-refractivity contribution in [3.63, 3.8) is 0 Å². The van der Waals surface area contributed by atoms with Crippen molar-refractivity contribution in [2.24, 2.45) is 11.8 Å². The highest BCUT2D eigenvalue weighted by atomic mass is 35.5. The summed E-state index contributed by atoms with van der Waals surface area (Å²) >= 11 is 6.71. The van der Waals surface area contributed by atoms with Crippen LogP contribution in [-0.4, -0.2) is 0 Å². The van der Waals surface area contributed by atoms with Crippen molar-refractivity contribution in [3.8, 4) is 0 Å². The van der Waals surface area contributed by atoms with E-state index in [1.807, 2.05) is 0 Å². The van der Waals surface area contributed by atoms with Crippen LogP contribution in [0, 0.1) is 11.8 Å². The predicted octanol–water partition coefficient (Wildman–Crippen LogP) is 4.89. The Morgan fingerprint density at radius 2 is 1.94 bits per heavy atom. The van der Waals surface area contributed by atoms with Crippen LogP contribution in [0.1, 0.15) is 54.7 Å². The Kier molecular flexibility index (Phi) is 3.17. The Morgan fingerprint density at radius 1 is 1.12 bits per heavy atom. The quantitative estimate of drug-likeness (QED) is 0.654. The van der Waals surface area contributed by atoms with E-state index < -0.39 is 0 Å². The summed E-state index contributed by atoms with van der Waals surface area (Å²) in [5, 5.41) is 0.235. The van der Waals surface area contributed by atoms with Gasteiger partial charge >= 0.3 is 0 Å². The van der Waals surface area contributed by atoms with Gasteiger partial charge in [-0.3, -0.25) is 0 Å². The highest BCUT2D eigenvalue weighted by Gasteiger charge is 2.30. The van der Waals surface area contributed by atoms with Crippen LogP contribution in [0.25, 0.3) is 0 Å². The van der Waals surface area contributed by atoms with Gasteiger partial charge in [-0.25, -0.2) is 0 Å². The van der Waals surface area contributed by atoms with Gasteiger partial charge in [0, 0.05) is 0 Å². The molecule has 17 heavy (non-hydrogen) atoms. The van der Waals surface area contributed by atoms with E-state index in [0.29, 0.717) is 5.92 Å². The molecule has 2 aliphatic rings. The molecule has 1 aromatic carbocycles. The van der Waals surface area contributed by atoms with E-state index in [1.165, 1.54) is 44.1 Å². The summed E-state index contributed by atoms with van der Waals surface area (Å²) in [7, 11) is 0. The highest BCUT2D eigenvalue weighted by Crippen LogP contribution is 2.44. The molecule has 3 atom stereocenters. The SMILES string of the molecule is CC1CCCC1C(Cl)c1ccc2c(c1)CCC2. The molecule has 0 aromatic heterocycles. The smallest absolute Gasteiger partial charge is 0.0616 e. The monoisotopic (exact) mass is 248 g/mol. The summed E-state index contributed by atoms with van der Waals surface area (Å²) in [5.41, 5.74) is 4.47. The van der Waals surface area contributed by atoms with E-state index in [4.69, 9.17) is 11.6 Å². The van der Waals surface area contributed by atoms with Crippen molar-refractivity contribution in [1.29, 1.82) is 0 Å². The normalized spacial score (nSPS) is 29.3. The summed E-state index contributed by atoms with van der Waals surface area (Å²) in [4.78, 5) is 0. The van der Waals surface area contributed by atoms with Gasteiger partial charge < -0.3 is 0 Å². The zero-order valence-electron chi connectivity index (χ0n) is 10.6. The van der Waals surface area contributed by atoms with E-state index in [-0.39, 0.29) is 5.38 Å². The molecule has 1 saturated carbocycles. The Balaban J connectivity index is 1.83. The molecular formula is C16H21Cl. The van der Waals surface area contributed by atoms with E-state index >= 15 is 0 Å². The Bertz CT molecular complexity index is 410. The van der Waals surface area contributed by atoms with Crippen LogP contribution in [0.3, 0.4) is 0 Å². The van der Waals surface area contributed by atoms with Crippen LogP contribution in [0.4, 0.5) is 0 Å². The second-order valence-electron chi connectivity index (χ2n) is 5.86. The van der Waals surface area contributed by atoms with Gasteiger partial charge in [0.25, 0.3) is 0 Å². The van der Waals surface area contributed by atoms with Gasteiger partial charge in [0.15, 0.2) is 0 Å². The summed E-state index contributed by atoms with van der Waals surface area (Å²) in [5.74, 6) is 1.49. The first kappa shape index (κ1) is 11.6. The average molecular weight is 249 g/mol. The van der Waals surface area contributed by atoms with Gasteiger partial charge in [0.05, 0.1) is 5.38 Å². The third kappa shape index (κ3) is 2.12. The van der Waals surface area contributed by atoms with Gasteiger partial charge in [0.2, 0.25) is 0 Å². The predicted molar refractivity (Wildman–Crippen MR) is 73.6 cm³/mol. The van der Waals surface area contributed by atoms with Crippen LogP contribution < -0.4 is 0 Å². The second-order valence-corrected chi connectivity index (χ2v) is 6.33. The first-order chi connectivity index (χ1) is 8.25. The third-order valence-electron chi connectivity index (χ3n) is 4.74. The summed E-state index contributed by atoms with van der Waals surface area (Å²) in [6.07, 6.45) is 7.88. The molecule has 0 saturated heterocycles. The van der Waals surface area contributed by atoms with Crippen LogP contribution in [0.15, 0.2) is 18.2 Å². The van der Waals surface area contributed by atoms with Crippen molar-refractivity contribution in [2.75, 3.05) is 0 Å². The highest BCUT2D eigenvalue weighted by molar-refractivity contribution is 6.21. The fourth-order valence-electron chi connectivity index (χ4n) is 3.62. The number of alkyl halides is 1. The minimum atomic E-state index is 0.235. The molecule has 1 fully saturated rings. The van der Waals surface area contributed by atoms with Gasteiger partial charge in [-0.2, -0.15) is 0 Å². The molecule has 0 bridgehead atoms. The van der Waals surface area contributed by atoms with Gasteiger partial charge in [0.1, 0.15) is 0 Å². The molecule has 1 heteroatoms. The molecule has 0 nitrogen and oxygen atoms in total. The lowest BCUT2D eigenvalue weighted by molar-refractivity contribution is 0.405. The Morgan fingerprint density at radius 3 is 2.71 bits per heavy atom. The molecule has 92 valence electrons. The molecule has 1 aromatic rings. The molecule has 3 rings (SSSR count). The lowest BCUT2D eigenvalue weighted by atomic mass is 9.89. The van der Waals surface area contributed by atoms with Crippen molar-refractivity contribution in [2.45, 2.75) is 50.8 Å². The van der Waals surface area contributed by atoms with Crippen molar-refractivity contribution in [1.82, 2.24) is 0 Å². The van der Waals surface area contributed by atoms with Gasteiger partial charge in [-0.15, -0.1) is 11.6 Å². The van der Waals surface area contributed by atoms with Crippen molar-refractivity contribution in [3.05, 3.63) is 34.9 Å². The Labute approximate surface area is 109 Å². The zero-order valence-corrected chi connectivity index (χ0v) is 11.3. The zero-order chi connectivity index (χ0) is 11.8. The first-order valence-electron chi connectivity index (χ1n) is 7.01. The average Bonchev–Trinajstić information content (AvgIpc) is 2.95. The van der Waals surface area contributed by atoms with E-state index in [1.54, 1.807) is 11.1 Å². The summed E-state index contributed by atoms with van der Waals surface area (Å²) in [6, 6.07) is 6.96. The molecule has 2 aliphatic carbocycles. The molecular weight excluding hydrogens is 228 g/mol. The van der Waals surface area contributed by atoms with Gasteiger partial charge in [-0.05, 0) is 54.2 Å². The van der Waals surface area contributed by atoms with E-state index in [2.05, 4.69) is 25.1 Å².